The predicted molar refractivity (Wildman–Crippen MR) is 74.9 cm³/mol. The number of benzene rings is 1. The van der Waals surface area contributed by atoms with Gasteiger partial charge in [0.25, 0.3) is 0 Å². The standard InChI is InChI=1S/C14H17ClN2/c1-3-4-9-17(2)14-7-8-16-13-6-5-11(15)10-12(13)14/h5-8,10H,3-4,9H2,1-2H3. The first-order chi connectivity index (χ1) is 8.22. The van der Waals surface area contributed by atoms with Gasteiger partial charge in [-0.05, 0) is 30.7 Å². The zero-order valence-corrected chi connectivity index (χ0v) is 11.0. The Morgan fingerprint density at radius 1 is 1.29 bits per heavy atom. The molecular formula is C14H17ClN2. The lowest BCUT2D eigenvalue weighted by Gasteiger charge is -2.20. The summed E-state index contributed by atoms with van der Waals surface area (Å²) >= 11 is 6.05. The number of anilines is 1. The first-order valence-electron chi connectivity index (χ1n) is 5.97. The minimum atomic E-state index is 0.760. The number of hydrogen-bond donors (Lipinski definition) is 0. The van der Waals surface area contributed by atoms with Gasteiger partial charge in [-0.15, -0.1) is 0 Å². The van der Waals surface area contributed by atoms with Crippen LogP contribution in [0.3, 0.4) is 0 Å². The maximum atomic E-state index is 6.05. The monoisotopic (exact) mass is 248 g/mol. The molecule has 1 aromatic heterocycles. The van der Waals surface area contributed by atoms with Gasteiger partial charge in [0.1, 0.15) is 0 Å². The summed E-state index contributed by atoms with van der Waals surface area (Å²) in [6, 6.07) is 7.89. The summed E-state index contributed by atoms with van der Waals surface area (Å²) in [5.41, 5.74) is 2.20. The molecule has 0 N–H and O–H groups in total. The summed E-state index contributed by atoms with van der Waals surface area (Å²) in [5.74, 6) is 0. The smallest absolute Gasteiger partial charge is 0.0723 e. The molecule has 90 valence electrons. The summed E-state index contributed by atoms with van der Waals surface area (Å²) < 4.78 is 0. The second kappa shape index (κ2) is 5.37. The van der Waals surface area contributed by atoms with Gasteiger partial charge >= 0.3 is 0 Å². The van der Waals surface area contributed by atoms with Crippen LogP contribution >= 0.6 is 11.6 Å². The van der Waals surface area contributed by atoms with Crippen LogP contribution in [0.25, 0.3) is 10.9 Å². The van der Waals surface area contributed by atoms with Crippen molar-refractivity contribution < 1.29 is 0 Å². The van der Waals surface area contributed by atoms with E-state index in [0.717, 1.165) is 22.5 Å². The molecule has 2 rings (SSSR count). The highest BCUT2D eigenvalue weighted by atomic mass is 35.5. The molecule has 2 aromatic rings. The van der Waals surface area contributed by atoms with E-state index in [9.17, 15) is 0 Å². The minimum absolute atomic E-state index is 0.760. The van der Waals surface area contributed by atoms with Crippen molar-refractivity contribution in [3.05, 3.63) is 35.5 Å². The van der Waals surface area contributed by atoms with E-state index in [1.165, 1.54) is 18.5 Å². The number of hydrogen-bond acceptors (Lipinski definition) is 2. The first kappa shape index (κ1) is 12.2. The molecule has 0 aliphatic rings. The van der Waals surface area contributed by atoms with Crippen LogP contribution in [-0.4, -0.2) is 18.6 Å². The molecule has 0 radical (unpaired) electrons. The Labute approximate surface area is 107 Å². The van der Waals surface area contributed by atoms with Gasteiger partial charge in [-0.1, -0.05) is 24.9 Å². The Morgan fingerprint density at radius 2 is 2.12 bits per heavy atom. The lowest BCUT2D eigenvalue weighted by atomic mass is 10.1. The molecule has 0 unspecified atom stereocenters. The molecule has 2 nitrogen and oxygen atoms in total. The maximum Gasteiger partial charge on any atom is 0.0723 e. The molecule has 1 heterocycles. The van der Waals surface area contributed by atoms with E-state index in [2.05, 4.69) is 23.9 Å². The molecule has 0 atom stereocenters. The van der Waals surface area contributed by atoms with E-state index >= 15 is 0 Å². The van der Waals surface area contributed by atoms with Crippen LogP contribution in [-0.2, 0) is 0 Å². The predicted octanol–water partition coefficient (Wildman–Crippen LogP) is 4.12. The summed E-state index contributed by atoms with van der Waals surface area (Å²) in [6.45, 7) is 3.26. The fourth-order valence-electron chi connectivity index (χ4n) is 1.95. The minimum Gasteiger partial charge on any atom is -0.374 e. The van der Waals surface area contributed by atoms with E-state index < -0.39 is 0 Å². The van der Waals surface area contributed by atoms with Crippen molar-refractivity contribution in [3.63, 3.8) is 0 Å². The Hall–Kier alpha value is -1.28. The molecule has 0 aliphatic carbocycles. The topological polar surface area (TPSA) is 16.1 Å². The van der Waals surface area contributed by atoms with Crippen LogP contribution in [0.1, 0.15) is 19.8 Å². The van der Waals surface area contributed by atoms with Crippen molar-refractivity contribution in [2.75, 3.05) is 18.5 Å². The number of nitrogens with zero attached hydrogens (tertiary/aromatic N) is 2. The highest BCUT2D eigenvalue weighted by molar-refractivity contribution is 6.31. The van der Waals surface area contributed by atoms with E-state index in [-0.39, 0.29) is 0 Å². The summed E-state index contributed by atoms with van der Waals surface area (Å²) in [6.07, 6.45) is 4.25. The van der Waals surface area contributed by atoms with Gasteiger partial charge in [-0.25, -0.2) is 0 Å². The van der Waals surface area contributed by atoms with Gasteiger partial charge in [0.2, 0.25) is 0 Å². The third kappa shape index (κ3) is 2.70. The highest BCUT2D eigenvalue weighted by Gasteiger charge is 2.06. The van der Waals surface area contributed by atoms with Crippen LogP contribution in [0.4, 0.5) is 5.69 Å². The summed E-state index contributed by atoms with van der Waals surface area (Å²) in [7, 11) is 2.12. The molecule has 1 aromatic carbocycles. The Morgan fingerprint density at radius 3 is 2.88 bits per heavy atom. The largest absolute Gasteiger partial charge is 0.374 e. The normalized spacial score (nSPS) is 10.8. The summed E-state index contributed by atoms with van der Waals surface area (Å²) in [4.78, 5) is 6.63. The molecule has 0 fully saturated rings. The van der Waals surface area contributed by atoms with E-state index in [1.807, 2.05) is 30.5 Å². The average Bonchev–Trinajstić information content (AvgIpc) is 2.35. The fraction of sp³-hybridized carbons (Fsp3) is 0.357. The quantitative estimate of drug-likeness (QED) is 0.809. The van der Waals surface area contributed by atoms with Gasteiger partial charge in [0, 0.05) is 35.9 Å². The Kier molecular flexibility index (Phi) is 3.85. The second-order valence-electron chi connectivity index (χ2n) is 4.27. The van der Waals surface area contributed by atoms with Gasteiger partial charge < -0.3 is 4.90 Å². The third-order valence-corrected chi connectivity index (χ3v) is 3.17. The van der Waals surface area contributed by atoms with E-state index in [1.54, 1.807) is 0 Å². The van der Waals surface area contributed by atoms with Crippen LogP contribution in [0.5, 0.6) is 0 Å². The third-order valence-electron chi connectivity index (χ3n) is 2.94. The van der Waals surface area contributed by atoms with E-state index in [4.69, 9.17) is 11.6 Å². The summed E-state index contributed by atoms with van der Waals surface area (Å²) in [5, 5.41) is 1.88. The molecule has 0 saturated heterocycles. The molecule has 3 heteroatoms. The number of fused-ring (bicyclic) bond motifs is 1. The molecular weight excluding hydrogens is 232 g/mol. The molecule has 17 heavy (non-hydrogen) atoms. The first-order valence-corrected chi connectivity index (χ1v) is 6.35. The van der Waals surface area contributed by atoms with Gasteiger partial charge in [0.15, 0.2) is 0 Å². The van der Waals surface area contributed by atoms with Crippen molar-refractivity contribution in [1.29, 1.82) is 0 Å². The van der Waals surface area contributed by atoms with Crippen LogP contribution < -0.4 is 4.90 Å². The van der Waals surface area contributed by atoms with E-state index in [0.29, 0.717) is 0 Å². The van der Waals surface area contributed by atoms with Crippen LogP contribution in [0.2, 0.25) is 5.02 Å². The number of halogens is 1. The number of rotatable bonds is 4. The highest BCUT2D eigenvalue weighted by Crippen LogP contribution is 2.27. The number of aromatic nitrogens is 1. The van der Waals surface area contributed by atoms with Crippen molar-refractivity contribution in [3.8, 4) is 0 Å². The van der Waals surface area contributed by atoms with Crippen LogP contribution in [0, 0.1) is 0 Å². The van der Waals surface area contributed by atoms with Gasteiger partial charge in [-0.3, -0.25) is 4.98 Å². The Bertz CT molecular complexity index is 511. The number of unbranched alkanes of at least 4 members (excludes halogenated alkanes) is 1. The van der Waals surface area contributed by atoms with Crippen molar-refractivity contribution in [2.24, 2.45) is 0 Å². The molecule has 0 aliphatic heterocycles. The molecule has 0 saturated carbocycles. The molecule has 0 bridgehead atoms. The maximum absolute atomic E-state index is 6.05. The fourth-order valence-corrected chi connectivity index (χ4v) is 2.12. The van der Waals surface area contributed by atoms with Crippen molar-refractivity contribution in [1.82, 2.24) is 4.98 Å². The van der Waals surface area contributed by atoms with Crippen molar-refractivity contribution in [2.45, 2.75) is 19.8 Å². The zero-order valence-electron chi connectivity index (χ0n) is 10.3. The van der Waals surface area contributed by atoms with Gasteiger partial charge in [0.05, 0.1) is 5.52 Å². The molecule has 0 amide bonds. The zero-order chi connectivity index (χ0) is 12.3. The lowest BCUT2D eigenvalue weighted by Crippen LogP contribution is -2.18. The SMILES string of the molecule is CCCCN(C)c1ccnc2ccc(Cl)cc12. The lowest BCUT2D eigenvalue weighted by molar-refractivity contribution is 0.768. The number of pyridine rings is 1. The average molecular weight is 249 g/mol. The molecule has 0 spiro atoms. The second-order valence-corrected chi connectivity index (χ2v) is 4.70. The Balaban J connectivity index is 2.42. The van der Waals surface area contributed by atoms with Crippen molar-refractivity contribution >= 4 is 28.2 Å². The van der Waals surface area contributed by atoms with Crippen LogP contribution in [0.15, 0.2) is 30.5 Å². The van der Waals surface area contributed by atoms with Gasteiger partial charge in [-0.2, -0.15) is 0 Å².